The topological polar surface area (TPSA) is 42.7 Å². The third-order valence-electron chi connectivity index (χ3n) is 2.88. The predicted molar refractivity (Wildman–Crippen MR) is 77.5 cm³/mol. The summed E-state index contributed by atoms with van der Waals surface area (Å²) in [7, 11) is 3.21. The maximum absolute atomic E-state index is 11.6. The zero-order valence-electron chi connectivity index (χ0n) is 11.4. The number of ether oxygens (including phenoxy) is 1. The fourth-order valence-corrected chi connectivity index (χ4v) is 1.91. The molecule has 0 aliphatic rings. The molecule has 5 heteroatoms. The van der Waals surface area contributed by atoms with E-state index >= 15 is 0 Å². The number of carbonyl (C=O) groups excluding carboxylic acids is 1. The molecule has 1 heterocycles. The lowest BCUT2D eigenvalue weighted by Gasteiger charge is -2.14. The van der Waals surface area contributed by atoms with E-state index in [1.807, 2.05) is 36.4 Å². The first-order chi connectivity index (χ1) is 9.60. The number of amides is 1. The largest absolute Gasteiger partial charge is 0.459 e. The SMILES string of the molecule is COCC(=O)N(C)Cc1ccc(-c2ccc(Cl)cc2)o1. The van der Waals surface area contributed by atoms with E-state index in [0.717, 1.165) is 17.1 Å². The van der Waals surface area contributed by atoms with Crippen molar-refractivity contribution >= 4 is 17.5 Å². The van der Waals surface area contributed by atoms with Crippen molar-refractivity contribution in [3.05, 3.63) is 47.2 Å². The summed E-state index contributed by atoms with van der Waals surface area (Å²) < 4.78 is 10.5. The lowest BCUT2D eigenvalue weighted by molar-refractivity contribution is -0.134. The molecular formula is C15H16ClNO3. The van der Waals surface area contributed by atoms with Gasteiger partial charge in [0.25, 0.3) is 0 Å². The Morgan fingerprint density at radius 1 is 1.25 bits per heavy atom. The van der Waals surface area contributed by atoms with E-state index in [1.54, 1.807) is 11.9 Å². The van der Waals surface area contributed by atoms with Crippen LogP contribution >= 0.6 is 11.6 Å². The molecule has 0 aliphatic heterocycles. The summed E-state index contributed by atoms with van der Waals surface area (Å²) in [5.74, 6) is 1.39. The van der Waals surface area contributed by atoms with Crippen molar-refractivity contribution in [3.8, 4) is 11.3 Å². The van der Waals surface area contributed by atoms with Gasteiger partial charge in [0.2, 0.25) is 5.91 Å². The molecular weight excluding hydrogens is 278 g/mol. The van der Waals surface area contributed by atoms with Gasteiger partial charge in [-0.1, -0.05) is 11.6 Å². The van der Waals surface area contributed by atoms with Crippen molar-refractivity contribution in [3.63, 3.8) is 0 Å². The van der Waals surface area contributed by atoms with E-state index in [9.17, 15) is 4.79 Å². The number of nitrogens with zero attached hydrogens (tertiary/aromatic N) is 1. The molecule has 1 aromatic carbocycles. The highest BCUT2D eigenvalue weighted by Crippen LogP contribution is 2.24. The quantitative estimate of drug-likeness (QED) is 0.850. The molecule has 20 heavy (non-hydrogen) atoms. The number of hydrogen-bond donors (Lipinski definition) is 0. The standard InChI is InChI=1S/C15H16ClNO3/c1-17(15(18)10-19-2)9-13-7-8-14(20-13)11-3-5-12(16)6-4-11/h3-8H,9-10H2,1-2H3. The Hall–Kier alpha value is -1.78. The van der Waals surface area contributed by atoms with Gasteiger partial charge in [-0.3, -0.25) is 4.79 Å². The van der Waals surface area contributed by atoms with Crippen LogP contribution in [-0.2, 0) is 16.1 Å². The molecule has 0 saturated carbocycles. The molecule has 4 nitrogen and oxygen atoms in total. The van der Waals surface area contributed by atoms with Crippen molar-refractivity contribution < 1.29 is 13.9 Å². The number of benzene rings is 1. The summed E-state index contributed by atoms with van der Waals surface area (Å²) in [5, 5.41) is 0.686. The van der Waals surface area contributed by atoms with Crippen LogP contribution in [0.25, 0.3) is 11.3 Å². The summed E-state index contributed by atoms with van der Waals surface area (Å²) in [5.41, 5.74) is 0.950. The molecule has 1 aromatic heterocycles. The van der Waals surface area contributed by atoms with Gasteiger partial charge in [-0.05, 0) is 36.4 Å². The average molecular weight is 294 g/mol. The van der Waals surface area contributed by atoms with Gasteiger partial charge in [0.1, 0.15) is 18.1 Å². The summed E-state index contributed by atoms with van der Waals surface area (Å²) in [6, 6.07) is 11.2. The first-order valence-electron chi connectivity index (χ1n) is 6.17. The van der Waals surface area contributed by atoms with Crippen LogP contribution in [0.2, 0.25) is 5.02 Å². The van der Waals surface area contributed by atoms with Gasteiger partial charge in [-0.15, -0.1) is 0 Å². The Balaban J connectivity index is 2.05. The molecule has 0 N–H and O–H groups in total. The summed E-state index contributed by atoms with van der Waals surface area (Å²) in [4.78, 5) is 13.2. The molecule has 106 valence electrons. The van der Waals surface area contributed by atoms with Crippen molar-refractivity contribution in [2.75, 3.05) is 20.8 Å². The highest BCUT2D eigenvalue weighted by atomic mass is 35.5. The van der Waals surface area contributed by atoms with Crippen LogP contribution in [0.1, 0.15) is 5.76 Å². The third kappa shape index (κ3) is 3.62. The molecule has 1 amide bonds. The van der Waals surface area contributed by atoms with Gasteiger partial charge in [-0.25, -0.2) is 0 Å². The Bertz CT molecular complexity index is 577. The van der Waals surface area contributed by atoms with Gasteiger partial charge in [0, 0.05) is 24.7 Å². The zero-order chi connectivity index (χ0) is 14.5. The molecule has 0 radical (unpaired) electrons. The second kappa shape index (κ2) is 6.59. The number of carbonyl (C=O) groups is 1. The van der Waals surface area contributed by atoms with E-state index in [-0.39, 0.29) is 12.5 Å². The maximum atomic E-state index is 11.6. The Labute approximate surface area is 122 Å². The normalized spacial score (nSPS) is 10.6. The average Bonchev–Trinajstić information content (AvgIpc) is 2.88. The fourth-order valence-electron chi connectivity index (χ4n) is 1.79. The van der Waals surface area contributed by atoms with Crippen LogP contribution in [0.15, 0.2) is 40.8 Å². The number of rotatable bonds is 5. The Morgan fingerprint density at radius 3 is 2.60 bits per heavy atom. The number of methoxy groups -OCH3 is 1. The van der Waals surface area contributed by atoms with Crippen LogP contribution in [0.3, 0.4) is 0 Å². The highest BCUT2D eigenvalue weighted by Gasteiger charge is 2.11. The molecule has 0 unspecified atom stereocenters. The molecule has 0 saturated heterocycles. The number of furan rings is 1. The van der Waals surface area contributed by atoms with Crippen LogP contribution in [-0.4, -0.2) is 31.6 Å². The van der Waals surface area contributed by atoms with E-state index in [2.05, 4.69) is 0 Å². The Morgan fingerprint density at radius 2 is 1.95 bits per heavy atom. The Kier molecular flexibility index (Phi) is 4.82. The van der Waals surface area contributed by atoms with E-state index in [4.69, 9.17) is 20.8 Å². The van der Waals surface area contributed by atoms with E-state index < -0.39 is 0 Å². The molecule has 0 aliphatic carbocycles. The van der Waals surface area contributed by atoms with E-state index in [1.165, 1.54) is 7.11 Å². The minimum atomic E-state index is -0.0862. The molecule has 0 fully saturated rings. The summed E-state index contributed by atoms with van der Waals surface area (Å²) >= 11 is 5.85. The highest BCUT2D eigenvalue weighted by molar-refractivity contribution is 6.30. The summed E-state index contributed by atoms with van der Waals surface area (Å²) in [6.45, 7) is 0.483. The molecule has 2 rings (SSSR count). The lowest BCUT2D eigenvalue weighted by atomic mass is 10.2. The minimum Gasteiger partial charge on any atom is -0.459 e. The van der Waals surface area contributed by atoms with Gasteiger partial charge in [0.05, 0.1) is 6.54 Å². The molecule has 0 bridgehead atoms. The number of halogens is 1. The second-order valence-electron chi connectivity index (χ2n) is 4.46. The smallest absolute Gasteiger partial charge is 0.248 e. The predicted octanol–water partition coefficient (Wildman–Crippen LogP) is 3.20. The van der Waals surface area contributed by atoms with Gasteiger partial charge in [-0.2, -0.15) is 0 Å². The van der Waals surface area contributed by atoms with Gasteiger partial charge in [0.15, 0.2) is 0 Å². The van der Waals surface area contributed by atoms with Crippen molar-refractivity contribution in [1.29, 1.82) is 0 Å². The monoisotopic (exact) mass is 293 g/mol. The van der Waals surface area contributed by atoms with Gasteiger partial charge < -0.3 is 14.1 Å². The molecule has 2 aromatic rings. The molecule has 0 atom stereocenters. The maximum Gasteiger partial charge on any atom is 0.248 e. The minimum absolute atomic E-state index is 0.0707. The van der Waals surface area contributed by atoms with E-state index in [0.29, 0.717) is 11.6 Å². The molecule has 0 spiro atoms. The van der Waals surface area contributed by atoms with Crippen LogP contribution in [0.4, 0.5) is 0 Å². The second-order valence-corrected chi connectivity index (χ2v) is 4.89. The van der Waals surface area contributed by atoms with Crippen molar-refractivity contribution in [1.82, 2.24) is 4.90 Å². The summed E-state index contributed by atoms with van der Waals surface area (Å²) in [6.07, 6.45) is 0. The number of likely N-dealkylation sites (N-methyl/N-ethyl adjacent to an activating group) is 1. The lowest BCUT2D eigenvalue weighted by Crippen LogP contribution is -2.29. The first-order valence-corrected chi connectivity index (χ1v) is 6.55. The van der Waals surface area contributed by atoms with Gasteiger partial charge >= 0.3 is 0 Å². The zero-order valence-corrected chi connectivity index (χ0v) is 12.2. The van der Waals surface area contributed by atoms with Crippen LogP contribution in [0.5, 0.6) is 0 Å². The van der Waals surface area contributed by atoms with Crippen LogP contribution < -0.4 is 0 Å². The number of hydrogen-bond acceptors (Lipinski definition) is 3. The fraction of sp³-hybridized carbons (Fsp3) is 0.267. The third-order valence-corrected chi connectivity index (χ3v) is 3.13. The van der Waals surface area contributed by atoms with Crippen molar-refractivity contribution in [2.45, 2.75) is 6.54 Å². The van der Waals surface area contributed by atoms with Crippen LogP contribution in [0, 0.1) is 0 Å². The first kappa shape index (κ1) is 14.6. The van der Waals surface area contributed by atoms with Crippen molar-refractivity contribution in [2.24, 2.45) is 0 Å².